The average Bonchev–Trinajstić information content (AvgIpc) is 2.82. The summed E-state index contributed by atoms with van der Waals surface area (Å²) in [5.74, 6) is -1.79. The summed E-state index contributed by atoms with van der Waals surface area (Å²) in [5.41, 5.74) is 2.63. The molecule has 0 fully saturated rings. The van der Waals surface area contributed by atoms with Gasteiger partial charge in [0.15, 0.2) is 5.78 Å². The van der Waals surface area contributed by atoms with Crippen molar-refractivity contribution < 1.29 is 19.5 Å². The summed E-state index contributed by atoms with van der Waals surface area (Å²) in [6.07, 6.45) is 0.181. The van der Waals surface area contributed by atoms with Crippen LogP contribution in [0.15, 0.2) is 30.3 Å². The number of aromatic amines is 1. The number of aromatic nitrogens is 1. The molecule has 0 saturated heterocycles. The van der Waals surface area contributed by atoms with Gasteiger partial charge in [0.05, 0.1) is 0 Å². The van der Waals surface area contributed by atoms with Crippen LogP contribution >= 0.6 is 0 Å². The summed E-state index contributed by atoms with van der Waals surface area (Å²) < 4.78 is 0. The van der Waals surface area contributed by atoms with Gasteiger partial charge in [-0.2, -0.15) is 0 Å². The van der Waals surface area contributed by atoms with E-state index in [4.69, 9.17) is 0 Å². The van der Waals surface area contributed by atoms with E-state index in [1.807, 2.05) is 18.2 Å². The summed E-state index contributed by atoms with van der Waals surface area (Å²) in [6.45, 7) is 4.81. The lowest BCUT2D eigenvalue weighted by Crippen LogP contribution is -2.42. The van der Waals surface area contributed by atoms with E-state index in [-0.39, 0.29) is 17.9 Å². The number of H-pyrrole nitrogens is 1. The van der Waals surface area contributed by atoms with Crippen molar-refractivity contribution in [1.29, 1.82) is 0 Å². The van der Waals surface area contributed by atoms with Crippen LogP contribution in [0.5, 0.6) is 0 Å². The Morgan fingerprint density at radius 3 is 2.29 bits per heavy atom. The Bertz CT molecular complexity index is 778. The molecule has 1 aromatic carbocycles. The SMILES string of the molecule is CC(=O)c1c(C)[nH]c(C(=O)NC(Cc2ccccc2)C(=O)O)c1C. The molecule has 2 aromatic rings. The number of carboxylic acids is 1. The molecule has 1 heterocycles. The number of amides is 1. The molecule has 6 nitrogen and oxygen atoms in total. The highest BCUT2D eigenvalue weighted by Crippen LogP contribution is 2.18. The average molecular weight is 328 g/mol. The fourth-order valence-electron chi connectivity index (χ4n) is 2.79. The Morgan fingerprint density at radius 2 is 1.79 bits per heavy atom. The minimum atomic E-state index is -1.11. The molecule has 24 heavy (non-hydrogen) atoms. The number of hydrogen-bond acceptors (Lipinski definition) is 3. The standard InChI is InChI=1S/C18H20N2O4/c1-10-15(12(3)21)11(2)19-16(10)17(22)20-14(18(23)24)9-13-7-5-4-6-8-13/h4-8,14,19H,9H2,1-3H3,(H,20,22)(H,23,24). The second-order valence-electron chi connectivity index (χ2n) is 5.74. The zero-order chi connectivity index (χ0) is 17.9. The quantitative estimate of drug-likeness (QED) is 0.708. The van der Waals surface area contributed by atoms with E-state index in [1.165, 1.54) is 6.92 Å². The van der Waals surface area contributed by atoms with Gasteiger partial charge in [0.2, 0.25) is 0 Å². The van der Waals surface area contributed by atoms with Crippen molar-refractivity contribution >= 4 is 17.7 Å². The van der Waals surface area contributed by atoms with E-state index in [0.717, 1.165) is 5.56 Å². The van der Waals surface area contributed by atoms with Gasteiger partial charge < -0.3 is 15.4 Å². The first-order chi connectivity index (χ1) is 11.3. The van der Waals surface area contributed by atoms with Gasteiger partial charge in [-0.05, 0) is 31.9 Å². The third kappa shape index (κ3) is 3.71. The molecule has 1 atom stereocenters. The lowest BCUT2D eigenvalue weighted by Gasteiger charge is -2.14. The predicted molar refractivity (Wildman–Crippen MR) is 89.3 cm³/mol. The van der Waals surface area contributed by atoms with Crippen molar-refractivity contribution in [1.82, 2.24) is 10.3 Å². The van der Waals surface area contributed by atoms with E-state index in [9.17, 15) is 19.5 Å². The number of benzene rings is 1. The maximum atomic E-state index is 12.4. The molecule has 0 aliphatic carbocycles. The van der Waals surface area contributed by atoms with Crippen LogP contribution in [0.4, 0.5) is 0 Å². The number of carboxylic acid groups (broad SMARTS) is 1. The smallest absolute Gasteiger partial charge is 0.326 e. The minimum absolute atomic E-state index is 0.139. The fourth-order valence-corrected chi connectivity index (χ4v) is 2.79. The Morgan fingerprint density at radius 1 is 1.17 bits per heavy atom. The van der Waals surface area contributed by atoms with Crippen LogP contribution in [0.3, 0.4) is 0 Å². The van der Waals surface area contributed by atoms with Crippen molar-refractivity contribution in [2.24, 2.45) is 0 Å². The zero-order valence-corrected chi connectivity index (χ0v) is 13.8. The molecule has 1 unspecified atom stereocenters. The normalized spacial score (nSPS) is 11.8. The van der Waals surface area contributed by atoms with Crippen LogP contribution in [0.25, 0.3) is 0 Å². The van der Waals surface area contributed by atoms with Crippen LogP contribution in [0.2, 0.25) is 0 Å². The number of rotatable bonds is 6. The molecule has 0 aliphatic rings. The Hall–Kier alpha value is -2.89. The summed E-state index contributed by atoms with van der Waals surface area (Å²) in [7, 11) is 0. The van der Waals surface area contributed by atoms with Gasteiger partial charge in [0.25, 0.3) is 5.91 Å². The number of ketones is 1. The first kappa shape index (κ1) is 17.5. The van der Waals surface area contributed by atoms with Crippen LogP contribution in [-0.4, -0.2) is 33.8 Å². The van der Waals surface area contributed by atoms with E-state index < -0.39 is 17.9 Å². The predicted octanol–water partition coefficient (Wildman–Crippen LogP) is 2.26. The highest BCUT2D eigenvalue weighted by molar-refractivity contribution is 6.03. The van der Waals surface area contributed by atoms with E-state index in [0.29, 0.717) is 16.8 Å². The molecule has 0 aliphatic heterocycles. The maximum absolute atomic E-state index is 12.4. The summed E-state index contributed by atoms with van der Waals surface area (Å²) in [6, 6.07) is 8.02. The van der Waals surface area contributed by atoms with Crippen molar-refractivity contribution in [3.05, 3.63) is 58.4 Å². The maximum Gasteiger partial charge on any atom is 0.326 e. The summed E-state index contributed by atoms with van der Waals surface area (Å²) in [4.78, 5) is 38.4. The highest BCUT2D eigenvalue weighted by Gasteiger charge is 2.25. The van der Waals surface area contributed by atoms with Crippen molar-refractivity contribution in [2.45, 2.75) is 33.2 Å². The van der Waals surface area contributed by atoms with Crippen LogP contribution in [0, 0.1) is 13.8 Å². The fraction of sp³-hybridized carbons (Fsp3) is 0.278. The molecule has 126 valence electrons. The monoisotopic (exact) mass is 328 g/mol. The molecular weight excluding hydrogens is 308 g/mol. The minimum Gasteiger partial charge on any atom is -0.480 e. The number of carbonyl (C=O) groups is 3. The molecule has 6 heteroatoms. The number of nitrogens with one attached hydrogen (secondary N) is 2. The first-order valence-corrected chi connectivity index (χ1v) is 7.59. The van der Waals surface area contributed by atoms with Crippen molar-refractivity contribution in [3.8, 4) is 0 Å². The Labute approximate surface area is 139 Å². The summed E-state index contributed by atoms with van der Waals surface area (Å²) >= 11 is 0. The van der Waals surface area contributed by atoms with Gasteiger partial charge in [-0.1, -0.05) is 30.3 Å². The number of hydrogen-bond donors (Lipinski definition) is 3. The summed E-state index contributed by atoms with van der Waals surface area (Å²) in [5, 5.41) is 11.9. The topological polar surface area (TPSA) is 99.3 Å². The van der Waals surface area contributed by atoms with Gasteiger partial charge >= 0.3 is 5.97 Å². The van der Waals surface area contributed by atoms with E-state index in [1.54, 1.807) is 26.0 Å². The number of carbonyl (C=O) groups excluding carboxylic acids is 2. The van der Waals surface area contributed by atoms with Crippen LogP contribution in [0.1, 0.15) is 44.6 Å². The number of aryl methyl sites for hydroxylation is 1. The molecule has 0 radical (unpaired) electrons. The van der Waals surface area contributed by atoms with Gasteiger partial charge in [0.1, 0.15) is 11.7 Å². The third-order valence-corrected chi connectivity index (χ3v) is 3.90. The largest absolute Gasteiger partial charge is 0.480 e. The van der Waals surface area contributed by atoms with Crippen molar-refractivity contribution in [3.63, 3.8) is 0 Å². The number of Topliss-reactive ketones (excluding diaryl/α,β-unsaturated/α-hetero) is 1. The lowest BCUT2D eigenvalue weighted by molar-refractivity contribution is -0.139. The Balaban J connectivity index is 2.21. The first-order valence-electron chi connectivity index (χ1n) is 7.59. The van der Waals surface area contributed by atoms with E-state index >= 15 is 0 Å². The highest BCUT2D eigenvalue weighted by atomic mass is 16.4. The molecule has 0 saturated carbocycles. The van der Waals surface area contributed by atoms with Gasteiger partial charge in [-0.25, -0.2) is 4.79 Å². The number of aliphatic carboxylic acids is 1. The zero-order valence-electron chi connectivity index (χ0n) is 13.8. The van der Waals surface area contributed by atoms with Gasteiger partial charge in [0, 0.05) is 17.7 Å². The lowest BCUT2D eigenvalue weighted by atomic mass is 10.0. The molecule has 2 rings (SSSR count). The molecular formula is C18H20N2O4. The molecule has 3 N–H and O–H groups in total. The van der Waals surface area contributed by atoms with Crippen molar-refractivity contribution in [2.75, 3.05) is 0 Å². The second-order valence-corrected chi connectivity index (χ2v) is 5.74. The van der Waals surface area contributed by atoms with Crippen LogP contribution < -0.4 is 5.32 Å². The van der Waals surface area contributed by atoms with Gasteiger partial charge in [-0.3, -0.25) is 9.59 Å². The molecule has 0 spiro atoms. The van der Waals surface area contributed by atoms with Crippen LogP contribution in [-0.2, 0) is 11.2 Å². The molecule has 1 amide bonds. The second kappa shape index (κ2) is 7.12. The third-order valence-electron chi connectivity index (χ3n) is 3.90. The molecule has 0 bridgehead atoms. The Kier molecular flexibility index (Phi) is 5.18. The van der Waals surface area contributed by atoms with Gasteiger partial charge in [-0.15, -0.1) is 0 Å². The molecule has 1 aromatic heterocycles. The van der Waals surface area contributed by atoms with E-state index in [2.05, 4.69) is 10.3 Å².